The van der Waals surface area contributed by atoms with E-state index in [9.17, 15) is 4.39 Å². The molecule has 0 aliphatic rings. The highest BCUT2D eigenvalue weighted by Gasteiger charge is 2.13. The molecule has 31 heavy (non-hydrogen) atoms. The quantitative estimate of drug-likeness (QED) is 0.286. The Morgan fingerprint density at radius 3 is 2.42 bits per heavy atom. The van der Waals surface area contributed by atoms with Crippen LogP contribution in [0.15, 0.2) is 83.3 Å². The predicted octanol–water partition coefficient (Wildman–Crippen LogP) is 7.33. The lowest BCUT2D eigenvalue weighted by molar-refractivity contribution is 0.265. The van der Waals surface area contributed by atoms with Crippen molar-refractivity contribution in [2.45, 2.75) is 20.1 Å². The number of nitrogens with one attached hydrogen (secondary N) is 1. The van der Waals surface area contributed by atoms with Crippen molar-refractivity contribution in [1.29, 1.82) is 0 Å². The standard InChI is InChI=1S/C26H23BrFNO2/c1-2-30-25-14-20(16-29-24-13-7-10-18-8-3-5-11-21(18)24)22(27)15-26(25)31-17-19-9-4-6-12-23(19)28/h3-15,29H,2,16-17H2,1H3. The number of ether oxygens (including phenoxy) is 2. The molecule has 0 aliphatic heterocycles. The highest BCUT2D eigenvalue weighted by molar-refractivity contribution is 9.10. The molecule has 4 rings (SSSR count). The van der Waals surface area contributed by atoms with E-state index in [0.717, 1.165) is 15.7 Å². The summed E-state index contributed by atoms with van der Waals surface area (Å²) in [6, 6.07) is 25.0. The van der Waals surface area contributed by atoms with Gasteiger partial charge in [0.15, 0.2) is 11.5 Å². The van der Waals surface area contributed by atoms with E-state index < -0.39 is 0 Å². The van der Waals surface area contributed by atoms with E-state index in [2.05, 4.69) is 45.5 Å². The van der Waals surface area contributed by atoms with Gasteiger partial charge in [0.25, 0.3) is 0 Å². The first kappa shape index (κ1) is 21.2. The third kappa shape index (κ3) is 5.00. The summed E-state index contributed by atoms with van der Waals surface area (Å²) in [7, 11) is 0. The number of rotatable bonds is 8. The zero-order valence-electron chi connectivity index (χ0n) is 17.2. The second-order valence-corrected chi connectivity index (χ2v) is 7.94. The maximum Gasteiger partial charge on any atom is 0.162 e. The molecular formula is C26H23BrFNO2. The number of halogens is 2. The van der Waals surface area contributed by atoms with Gasteiger partial charge in [-0.2, -0.15) is 0 Å². The molecule has 0 amide bonds. The van der Waals surface area contributed by atoms with Gasteiger partial charge in [-0.25, -0.2) is 4.39 Å². The average Bonchev–Trinajstić information content (AvgIpc) is 2.79. The van der Waals surface area contributed by atoms with Crippen LogP contribution in [0, 0.1) is 5.82 Å². The molecule has 5 heteroatoms. The monoisotopic (exact) mass is 479 g/mol. The van der Waals surface area contributed by atoms with Crippen LogP contribution < -0.4 is 14.8 Å². The Morgan fingerprint density at radius 2 is 1.58 bits per heavy atom. The van der Waals surface area contributed by atoms with Crippen LogP contribution in [-0.2, 0) is 13.2 Å². The Kier molecular flexibility index (Phi) is 6.73. The van der Waals surface area contributed by atoms with Crippen LogP contribution in [0.5, 0.6) is 11.5 Å². The minimum absolute atomic E-state index is 0.132. The number of benzene rings is 4. The topological polar surface area (TPSA) is 30.5 Å². The molecule has 0 radical (unpaired) electrons. The molecule has 1 N–H and O–H groups in total. The van der Waals surface area contributed by atoms with Crippen molar-refractivity contribution in [1.82, 2.24) is 0 Å². The van der Waals surface area contributed by atoms with E-state index in [0.29, 0.717) is 30.2 Å². The molecule has 3 nitrogen and oxygen atoms in total. The first-order valence-corrected chi connectivity index (χ1v) is 11.0. The molecule has 0 fully saturated rings. The van der Waals surface area contributed by atoms with Gasteiger partial charge in [0.2, 0.25) is 0 Å². The molecule has 0 bridgehead atoms. The largest absolute Gasteiger partial charge is 0.490 e. The van der Waals surface area contributed by atoms with Crippen LogP contribution >= 0.6 is 15.9 Å². The second-order valence-electron chi connectivity index (χ2n) is 7.08. The Labute approximate surface area is 189 Å². The number of hydrogen-bond acceptors (Lipinski definition) is 3. The Bertz CT molecular complexity index is 1190. The van der Waals surface area contributed by atoms with Crippen molar-refractivity contribution in [3.05, 3.63) is 100 Å². The van der Waals surface area contributed by atoms with E-state index in [-0.39, 0.29) is 12.4 Å². The molecule has 0 aliphatic carbocycles. The fourth-order valence-corrected chi connectivity index (χ4v) is 3.90. The molecule has 0 saturated heterocycles. The predicted molar refractivity (Wildman–Crippen MR) is 127 cm³/mol. The lowest BCUT2D eigenvalue weighted by Gasteiger charge is -2.16. The molecule has 0 atom stereocenters. The Morgan fingerprint density at radius 1 is 0.839 bits per heavy atom. The van der Waals surface area contributed by atoms with Gasteiger partial charge in [-0.15, -0.1) is 0 Å². The first-order chi connectivity index (χ1) is 15.2. The molecule has 0 saturated carbocycles. The summed E-state index contributed by atoms with van der Waals surface area (Å²) in [6.07, 6.45) is 0. The van der Waals surface area contributed by atoms with Gasteiger partial charge in [-0.05, 0) is 42.1 Å². The second kappa shape index (κ2) is 9.84. The number of fused-ring (bicyclic) bond motifs is 1. The smallest absolute Gasteiger partial charge is 0.162 e. The van der Waals surface area contributed by atoms with Crippen LogP contribution in [0.4, 0.5) is 10.1 Å². The summed E-state index contributed by atoms with van der Waals surface area (Å²) in [5.74, 6) is 0.929. The van der Waals surface area contributed by atoms with Crippen LogP contribution in [-0.4, -0.2) is 6.61 Å². The van der Waals surface area contributed by atoms with Crippen molar-refractivity contribution in [3.8, 4) is 11.5 Å². The van der Waals surface area contributed by atoms with E-state index in [4.69, 9.17) is 9.47 Å². The van der Waals surface area contributed by atoms with E-state index in [1.54, 1.807) is 18.2 Å². The summed E-state index contributed by atoms with van der Waals surface area (Å²) in [6.45, 7) is 3.18. The molecule has 0 heterocycles. The third-order valence-electron chi connectivity index (χ3n) is 5.01. The van der Waals surface area contributed by atoms with Gasteiger partial charge >= 0.3 is 0 Å². The van der Waals surface area contributed by atoms with Gasteiger partial charge in [0, 0.05) is 27.7 Å². The summed E-state index contributed by atoms with van der Waals surface area (Å²) in [5, 5.41) is 5.89. The zero-order valence-corrected chi connectivity index (χ0v) is 18.8. The van der Waals surface area contributed by atoms with E-state index in [1.807, 2.05) is 37.3 Å². The lowest BCUT2D eigenvalue weighted by Crippen LogP contribution is -2.05. The summed E-state index contributed by atoms with van der Waals surface area (Å²) in [5.41, 5.74) is 2.61. The van der Waals surface area contributed by atoms with Crippen LogP contribution in [0.1, 0.15) is 18.1 Å². The summed E-state index contributed by atoms with van der Waals surface area (Å²) in [4.78, 5) is 0. The molecular weight excluding hydrogens is 457 g/mol. The molecule has 0 aromatic heterocycles. The maximum absolute atomic E-state index is 13.9. The minimum atomic E-state index is -0.282. The van der Waals surface area contributed by atoms with Crippen LogP contribution in [0.2, 0.25) is 0 Å². The third-order valence-corrected chi connectivity index (χ3v) is 5.75. The van der Waals surface area contributed by atoms with Crippen molar-refractivity contribution in [3.63, 3.8) is 0 Å². The Hall–Kier alpha value is -3.05. The van der Waals surface area contributed by atoms with Crippen molar-refractivity contribution >= 4 is 32.4 Å². The van der Waals surface area contributed by atoms with Gasteiger partial charge in [0.1, 0.15) is 12.4 Å². The highest BCUT2D eigenvalue weighted by atomic mass is 79.9. The first-order valence-electron chi connectivity index (χ1n) is 10.2. The SMILES string of the molecule is CCOc1cc(CNc2cccc3ccccc23)c(Br)cc1OCc1ccccc1F. The van der Waals surface area contributed by atoms with E-state index in [1.165, 1.54) is 16.8 Å². The van der Waals surface area contributed by atoms with Gasteiger partial charge in [-0.3, -0.25) is 0 Å². The van der Waals surface area contributed by atoms with Crippen molar-refractivity contribution in [2.75, 3.05) is 11.9 Å². The average molecular weight is 480 g/mol. The normalized spacial score (nSPS) is 10.8. The zero-order chi connectivity index (χ0) is 21.6. The fourth-order valence-electron chi connectivity index (χ4n) is 3.43. The molecule has 0 unspecified atom stereocenters. The van der Waals surface area contributed by atoms with Gasteiger partial charge in [-0.1, -0.05) is 70.5 Å². The molecule has 0 spiro atoms. The number of hydrogen-bond donors (Lipinski definition) is 1. The number of anilines is 1. The van der Waals surface area contributed by atoms with Crippen LogP contribution in [0.25, 0.3) is 10.8 Å². The van der Waals surface area contributed by atoms with Crippen LogP contribution in [0.3, 0.4) is 0 Å². The molecule has 4 aromatic carbocycles. The van der Waals surface area contributed by atoms with Gasteiger partial charge in [0.05, 0.1) is 6.61 Å². The van der Waals surface area contributed by atoms with Crippen molar-refractivity contribution in [2.24, 2.45) is 0 Å². The highest BCUT2D eigenvalue weighted by Crippen LogP contribution is 2.35. The summed E-state index contributed by atoms with van der Waals surface area (Å²) >= 11 is 3.65. The lowest BCUT2D eigenvalue weighted by atomic mass is 10.1. The molecule has 4 aromatic rings. The van der Waals surface area contributed by atoms with E-state index >= 15 is 0 Å². The minimum Gasteiger partial charge on any atom is -0.490 e. The molecule has 158 valence electrons. The fraction of sp³-hybridized carbons (Fsp3) is 0.154. The summed E-state index contributed by atoms with van der Waals surface area (Å²) < 4.78 is 26.5. The van der Waals surface area contributed by atoms with Gasteiger partial charge < -0.3 is 14.8 Å². The van der Waals surface area contributed by atoms with Crippen molar-refractivity contribution < 1.29 is 13.9 Å². The Balaban J connectivity index is 1.54. The maximum atomic E-state index is 13.9.